The second kappa shape index (κ2) is 7.51. The van der Waals surface area contributed by atoms with Crippen LogP contribution < -0.4 is 9.47 Å². The van der Waals surface area contributed by atoms with Crippen LogP contribution in [0.5, 0.6) is 11.5 Å². The highest BCUT2D eigenvalue weighted by Gasteiger charge is 2.03. The van der Waals surface area contributed by atoms with Crippen LogP contribution in [0, 0.1) is 0 Å². The Morgan fingerprint density at radius 2 is 1.74 bits per heavy atom. The number of methoxy groups -OCH3 is 1. The topological polar surface area (TPSA) is 37.3 Å². The molecule has 0 fully saturated rings. The molecule has 0 N–H and O–H groups in total. The first-order chi connectivity index (χ1) is 9.04. The van der Waals surface area contributed by atoms with Crippen molar-refractivity contribution < 1.29 is 9.47 Å². The zero-order valence-electron chi connectivity index (χ0n) is 12.4. The predicted octanol–water partition coefficient (Wildman–Crippen LogP) is 1.55. The summed E-state index contributed by atoms with van der Waals surface area (Å²) in [5.41, 5.74) is 0. The second-order valence-electron chi connectivity index (χ2n) is 4.50. The normalized spacial score (nSPS) is 9.74. The van der Waals surface area contributed by atoms with Gasteiger partial charge in [0.2, 0.25) is 0 Å². The van der Waals surface area contributed by atoms with Crippen LogP contribution in [0.4, 0.5) is 0 Å². The number of rotatable bonds is 5. The molecule has 0 spiro atoms. The molecule has 1 aromatic rings. The standard InChI is InChI=1S/C14H23N3O2/c1-16(2)14(17(3)4)15-9-10-19-13-8-6-7-12(11-13)18-5/h6-8,11H,9-10H2,1-5H3. The van der Waals surface area contributed by atoms with Crippen molar-refractivity contribution in [3.05, 3.63) is 24.3 Å². The molecule has 5 nitrogen and oxygen atoms in total. The first-order valence-corrected chi connectivity index (χ1v) is 6.20. The van der Waals surface area contributed by atoms with Crippen molar-refractivity contribution in [3.8, 4) is 11.5 Å². The van der Waals surface area contributed by atoms with Gasteiger partial charge in [0, 0.05) is 34.3 Å². The molecule has 1 aromatic carbocycles. The number of hydrogen-bond acceptors (Lipinski definition) is 3. The summed E-state index contributed by atoms with van der Waals surface area (Å²) in [4.78, 5) is 8.45. The summed E-state index contributed by atoms with van der Waals surface area (Å²) < 4.78 is 10.8. The number of benzene rings is 1. The van der Waals surface area contributed by atoms with E-state index in [1.54, 1.807) is 7.11 Å². The third kappa shape index (κ3) is 5.07. The Labute approximate surface area is 115 Å². The summed E-state index contributed by atoms with van der Waals surface area (Å²) in [6.07, 6.45) is 0. The molecule has 0 amide bonds. The third-order valence-electron chi connectivity index (χ3n) is 2.45. The lowest BCUT2D eigenvalue weighted by atomic mass is 10.3. The lowest BCUT2D eigenvalue weighted by molar-refractivity contribution is 0.323. The first kappa shape index (κ1) is 15.1. The van der Waals surface area contributed by atoms with Gasteiger partial charge in [-0.2, -0.15) is 0 Å². The fraction of sp³-hybridized carbons (Fsp3) is 0.500. The predicted molar refractivity (Wildman–Crippen MR) is 78.2 cm³/mol. The third-order valence-corrected chi connectivity index (χ3v) is 2.45. The summed E-state index contributed by atoms with van der Waals surface area (Å²) in [7, 11) is 9.54. The van der Waals surface area contributed by atoms with Gasteiger partial charge in [0.1, 0.15) is 18.1 Å². The van der Waals surface area contributed by atoms with Crippen LogP contribution in [0.2, 0.25) is 0 Å². The van der Waals surface area contributed by atoms with Crippen molar-refractivity contribution in [1.82, 2.24) is 9.80 Å². The van der Waals surface area contributed by atoms with Gasteiger partial charge in [0.25, 0.3) is 0 Å². The summed E-state index contributed by atoms with van der Waals surface area (Å²) in [6, 6.07) is 7.57. The Morgan fingerprint density at radius 1 is 1.11 bits per heavy atom. The first-order valence-electron chi connectivity index (χ1n) is 6.20. The molecule has 0 atom stereocenters. The fourth-order valence-corrected chi connectivity index (χ4v) is 1.68. The number of ether oxygens (including phenoxy) is 2. The molecule has 0 bridgehead atoms. The number of aliphatic imine (C=N–C) groups is 1. The summed E-state index contributed by atoms with van der Waals surface area (Å²) >= 11 is 0. The molecule has 0 aliphatic carbocycles. The van der Waals surface area contributed by atoms with Crippen LogP contribution in [0.1, 0.15) is 0 Å². The molecule has 1 rings (SSSR count). The van der Waals surface area contributed by atoms with Crippen molar-refractivity contribution in [1.29, 1.82) is 0 Å². The van der Waals surface area contributed by atoms with E-state index in [1.807, 2.05) is 62.3 Å². The molecule has 0 radical (unpaired) electrons. The zero-order chi connectivity index (χ0) is 14.3. The number of nitrogens with zero attached hydrogens (tertiary/aromatic N) is 3. The van der Waals surface area contributed by atoms with E-state index in [0.29, 0.717) is 13.2 Å². The maximum absolute atomic E-state index is 5.63. The van der Waals surface area contributed by atoms with Crippen LogP contribution in [-0.4, -0.2) is 64.2 Å². The highest BCUT2D eigenvalue weighted by molar-refractivity contribution is 5.79. The van der Waals surface area contributed by atoms with Gasteiger partial charge in [-0.25, -0.2) is 4.99 Å². The van der Waals surface area contributed by atoms with Crippen LogP contribution in [0.3, 0.4) is 0 Å². The maximum atomic E-state index is 5.63. The highest BCUT2D eigenvalue weighted by Crippen LogP contribution is 2.18. The second-order valence-corrected chi connectivity index (χ2v) is 4.50. The molecule has 0 aliphatic heterocycles. The average molecular weight is 265 g/mol. The minimum atomic E-state index is 0.540. The minimum Gasteiger partial charge on any atom is -0.497 e. The Morgan fingerprint density at radius 3 is 2.32 bits per heavy atom. The number of guanidine groups is 1. The summed E-state index contributed by atoms with van der Waals surface area (Å²) in [5.74, 6) is 2.52. The van der Waals surface area contributed by atoms with E-state index in [0.717, 1.165) is 17.5 Å². The Hall–Kier alpha value is -1.91. The van der Waals surface area contributed by atoms with Crippen molar-refractivity contribution >= 4 is 5.96 Å². The van der Waals surface area contributed by atoms with Crippen molar-refractivity contribution in [3.63, 3.8) is 0 Å². The van der Waals surface area contributed by atoms with Gasteiger partial charge < -0.3 is 19.3 Å². The smallest absolute Gasteiger partial charge is 0.195 e. The van der Waals surface area contributed by atoms with Gasteiger partial charge in [0.05, 0.1) is 13.7 Å². The van der Waals surface area contributed by atoms with E-state index in [-0.39, 0.29) is 0 Å². The fourth-order valence-electron chi connectivity index (χ4n) is 1.68. The van der Waals surface area contributed by atoms with Crippen LogP contribution in [-0.2, 0) is 0 Å². The Bertz CT molecular complexity index is 407. The molecular weight excluding hydrogens is 242 g/mol. The van der Waals surface area contributed by atoms with Gasteiger partial charge >= 0.3 is 0 Å². The van der Waals surface area contributed by atoms with Crippen molar-refractivity contribution in [2.75, 3.05) is 48.5 Å². The Balaban J connectivity index is 2.47. The molecule has 0 saturated heterocycles. The van der Waals surface area contributed by atoms with E-state index in [1.165, 1.54) is 0 Å². The molecular formula is C14H23N3O2. The lowest BCUT2D eigenvalue weighted by Crippen LogP contribution is -2.35. The van der Waals surface area contributed by atoms with E-state index in [4.69, 9.17) is 9.47 Å². The molecule has 0 aliphatic rings. The van der Waals surface area contributed by atoms with Crippen LogP contribution in [0.25, 0.3) is 0 Å². The molecule has 5 heteroatoms. The zero-order valence-corrected chi connectivity index (χ0v) is 12.4. The quantitative estimate of drug-likeness (QED) is 0.460. The van der Waals surface area contributed by atoms with Gasteiger partial charge in [-0.05, 0) is 12.1 Å². The average Bonchev–Trinajstić information content (AvgIpc) is 2.37. The van der Waals surface area contributed by atoms with Gasteiger partial charge in [-0.15, -0.1) is 0 Å². The van der Waals surface area contributed by atoms with E-state index in [9.17, 15) is 0 Å². The van der Waals surface area contributed by atoms with Crippen molar-refractivity contribution in [2.45, 2.75) is 0 Å². The van der Waals surface area contributed by atoms with Gasteiger partial charge in [-0.1, -0.05) is 6.07 Å². The summed E-state index contributed by atoms with van der Waals surface area (Å²) in [5, 5.41) is 0. The molecule has 0 saturated carbocycles. The molecule has 19 heavy (non-hydrogen) atoms. The molecule has 0 heterocycles. The summed E-state index contributed by atoms with van der Waals surface area (Å²) in [6.45, 7) is 1.15. The largest absolute Gasteiger partial charge is 0.497 e. The minimum absolute atomic E-state index is 0.540. The maximum Gasteiger partial charge on any atom is 0.195 e. The molecule has 0 aromatic heterocycles. The SMILES string of the molecule is COc1cccc(OCCN=C(N(C)C)N(C)C)c1. The monoisotopic (exact) mass is 265 g/mol. The molecule has 0 unspecified atom stereocenters. The van der Waals surface area contributed by atoms with Gasteiger partial charge in [-0.3, -0.25) is 0 Å². The van der Waals surface area contributed by atoms with Crippen molar-refractivity contribution in [2.24, 2.45) is 4.99 Å². The van der Waals surface area contributed by atoms with E-state index >= 15 is 0 Å². The Kier molecular flexibility index (Phi) is 5.99. The van der Waals surface area contributed by atoms with E-state index < -0.39 is 0 Å². The lowest BCUT2D eigenvalue weighted by Gasteiger charge is -2.22. The van der Waals surface area contributed by atoms with Crippen LogP contribution in [0.15, 0.2) is 29.3 Å². The number of hydrogen-bond donors (Lipinski definition) is 0. The van der Waals surface area contributed by atoms with Crippen LogP contribution >= 0.6 is 0 Å². The molecule has 106 valence electrons. The van der Waals surface area contributed by atoms with Gasteiger partial charge in [0.15, 0.2) is 5.96 Å². The highest BCUT2D eigenvalue weighted by atomic mass is 16.5. The van der Waals surface area contributed by atoms with E-state index in [2.05, 4.69) is 4.99 Å².